The molecule has 0 aromatic heterocycles. The molecular formula is C15H13ClNO4S2-. The lowest BCUT2D eigenvalue weighted by molar-refractivity contribution is -0.305. The first-order chi connectivity index (χ1) is 10.9. The Kier molecular flexibility index (Phi) is 6.04. The molecule has 0 atom stereocenters. The smallest absolute Gasteiger partial charge is 0.266 e. The zero-order chi connectivity index (χ0) is 17.0. The third-order valence-corrected chi connectivity index (χ3v) is 4.58. The average molecular weight is 371 g/mol. The normalized spacial score (nSPS) is 16.3. The van der Waals surface area contributed by atoms with Crippen molar-refractivity contribution in [1.82, 2.24) is 4.90 Å². The van der Waals surface area contributed by atoms with Crippen LogP contribution in [-0.4, -0.2) is 34.2 Å². The zero-order valence-electron chi connectivity index (χ0n) is 12.2. The number of carboxylic acid groups (broad SMARTS) is 1. The summed E-state index contributed by atoms with van der Waals surface area (Å²) in [6, 6.07) is 5.13. The minimum absolute atomic E-state index is 0.00178. The van der Waals surface area contributed by atoms with Gasteiger partial charge in [0.2, 0.25) is 0 Å². The van der Waals surface area contributed by atoms with E-state index in [1.165, 1.54) is 4.90 Å². The summed E-state index contributed by atoms with van der Waals surface area (Å²) in [7, 11) is 0. The van der Waals surface area contributed by atoms with Crippen LogP contribution in [-0.2, 0) is 9.59 Å². The second-order valence-corrected chi connectivity index (χ2v) is 6.68. The van der Waals surface area contributed by atoms with Crippen LogP contribution in [0.1, 0.15) is 18.9 Å². The van der Waals surface area contributed by atoms with Gasteiger partial charge >= 0.3 is 0 Å². The number of nitrogens with zero attached hydrogens (tertiary/aromatic N) is 1. The second-order valence-electron chi connectivity index (χ2n) is 4.57. The molecule has 1 aromatic carbocycles. The van der Waals surface area contributed by atoms with Gasteiger partial charge in [-0.3, -0.25) is 9.69 Å². The molecule has 5 nitrogen and oxygen atoms in total. The molecule has 23 heavy (non-hydrogen) atoms. The van der Waals surface area contributed by atoms with Gasteiger partial charge in [-0.05, 0) is 31.2 Å². The fraction of sp³-hybridized carbons (Fsp3) is 0.267. The minimum Gasteiger partial charge on any atom is -0.550 e. The van der Waals surface area contributed by atoms with Crippen molar-refractivity contribution in [1.29, 1.82) is 0 Å². The van der Waals surface area contributed by atoms with E-state index < -0.39 is 5.97 Å². The van der Waals surface area contributed by atoms with Crippen LogP contribution in [0, 0.1) is 0 Å². The third kappa shape index (κ3) is 4.46. The van der Waals surface area contributed by atoms with Gasteiger partial charge in [-0.15, -0.1) is 0 Å². The Balaban J connectivity index is 2.27. The molecule has 1 heterocycles. The fourth-order valence-electron chi connectivity index (χ4n) is 1.96. The van der Waals surface area contributed by atoms with Gasteiger partial charge in [0.25, 0.3) is 5.91 Å². The summed E-state index contributed by atoms with van der Waals surface area (Å²) in [5.41, 5.74) is 0.666. The van der Waals surface area contributed by atoms with Gasteiger partial charge in [0, 0.05) is 29.5 Å². The van der Waals surface area contributed by atoms with Crippen molar-refractivity contribution in [2.24, 2.45) is 0 Å². The molecule has 0 aliphatic carbocycles. The lowest BCUT2D eigenvalue weighted by atomic mass is 10.2. The highest BCUT2D eigenvalue weighted by atomic mass is 35.5. The van der Waals surface area contributed by atoms with Gasteiger partial charge in [0.1, 0.15) is 10.1 Å². The number of thioether (sulfide) groups is 1. The quantitative estimate of drug-likeness (QED) is 0.564. The molecule has 0 saturated carbocycles. The summed E-state index contributed by atoms with van der Waals surface area (Å²) >= 11 is 12.2. The Morgan fingerprint density at radius 3 is 2.91 bits per heavy atom. The lowest BCUT2D eigenvalue weighted by Crippen LogP contribution is -2.33. The Morgan fingerprint density at radius 2 is 2.26 bits per heavy atom. The van der Waals surface area contributed by atoms with Crippen LogP contribution in [0.25, 0.3) is 6.08 Å². The van der Waals surface area contributed by atoms with Crippen LogP contribution in [0.3, 0.4) is 0 Å². The van der Waals surface area contributed by atoms with Gasteiger partial charge in [-0.25, -0.2) is 0 Å². The van der Waals surface area contributed by atoms with Gasteiger partial charge < -0.3 is 14.6 Å². The van der Waals surface area contributed by atoms with Crippen molar-refractivity contribution in [2.45, 2.75) is 13.3 Å². The molecule has 1 aromatic rings. The van der Waals surface area contributed by atoms with Crippen molar-refractivity contribution in [2.75, 3.05) is 13.2 Å². The molecule has 0 unspecified atom stereocenters. The number of amides is 1. The maximum Gasteiger partial charge on any atom is 0.266 e. The summed E-state index contributed by atoms with van der Waals surface area (Å²) < 4.78 is 5.84. The summed E-state index contributed by atoms with van der Waals surface area (Å²) in [6.45, 7) is 2.34. The number of rotatable bonds is 6. The Bertz CT molecular complexity index is 690. The fourth-order valence-corrected chi connectivity index (χ4v) is 3.44. The highest BCUT2D eigenvalue weighted by Crippen LogP contribution is 2.35. The van der Waals surface area contributed by atoms with Crippen molar-refractivity contribution < 1.29 is 19.4 Å². The van der Waals surface area contributed by atoms with E-state index in [1.54, 1.807) is 24.3 Å². The maximum atomic E-state index is 12.3. The van der Waals surface area contributed by atoms with Gasteiger partial charge in [0.05, 0.1) is 11.5 Å². The summed E-state index contributed by atoms with van der Waals surface area (Å²) in [5, 5.41) is 11.1. The molecule has 1 saturated heterocycles. The Morgan fingerprint density at radius 1 is 1.52 bits per heavy atom. The molecule has 2 rings (SSSR count). The van der Waals surface area contributed by atoms with E-state index >= 15 is 0 Å². The predicted molar refractivity (Wildman–Crippen MR) is 92.1 cm³/mol. The van der Waals surface area contributed by atoms with Crippen LogP contribution in [0.2, 0.25) is 5.02 Å². The van der Waals surface area contributed by atoms with Crippen molar-refractivity contribution in [3.63, 3.8) is 0 Å². The van der Waals surface area contributed by atoms with E-state index in [0.717, 1.165) is 11.8 Å². The topological polar surface area (TPSA) is 69.7 Å². The van der Waals surface area contributed by atoms with Gasteiger partial charge in [-0.2, -0.15) is 0 Å². The minimum atomic E-state index is -1.23. The summed E-state index contributed by atoms with van der Waals surface area (Å²) in [5.74, 6) is -0.947. The molecular weight excluding hydrogens is 358 g/mol. The number of hydrogen-bond donors (Lipinski definition) is 0. The van der Waals surface area contributed by atoms with E-state index in [2.05, 4.69) is 0 Å². The Labute approximate surface area is 148 Å². The predicted octanol–water partition coefficient (Wildman–Crippen LogP) is 2.08. The van der Waals surface area contributed by atoms with E-state index in [9.17, 15) is 14.7 Å². The molecule has 1 fully saturated rings. The van der Waals surface area contributed by atoms with Crippen LogP contribution in [0.15, 0.2) is 23.1 Å². The van der Waals surface area contributed by atoms with Crippen LogP contribution in [0.4, 0.5) is 0 Å². The number of carbonyl (C=O) groups is 2. The van der Waals surface area contributed by atoms with Crippen LogP contribution >= 0.6 is 35.6 Å². The van der Waals surface area contributed by atoms with E-state index in [-0.39, 0.29) is 18.9 Å². The van der Waals surface area contributed by atoms with Gasteiger partial charge in [0.15, 0.2) is 0 Å². The van der Waals surface area contributed by atoms with E-state index in [0.29, 0.717) is 32.2 Å². The zero-order valence-corrected chi connectivity index (χ0v) is 14.6. The molecule has 1 amide bonds. The molecule has 1 aliphatic rings. The van der Waals surface area contributed by atoms with Crippen molar-refractivity contribution >= 4 is 57.9 Å². The molecule has 0 radical (unpaired) electrons. The van der Waals surface area contributed by atoms with Crippen molar-refractivity contribution in [3.05, 3.63) is 33.7 Å². The number of aliphatic carboxylic acids is 1. The molecule has 122 valence electrons. The van der Waals surface area contributed by atoms with Gasteiger partial charge in [-0.1, -0.05) is 35.6 Å². The molecule has 1 aliphatic heterocycles. The number of ether oxygens (including phenoxy) is 1. The number of benzene rings is 1. The SMILES string of the molecule is CCOc1ccc(Cl)cc1/C=C1/SC(=S)N(CCC(=O)[O-])C1=O. The number of carbonyl (C=O) groups excluding carboxylic acids is 2. The molecule has 0 bridgehead atoms. The summed E-state index contributed by atoms with van der Waals surface area (Å²) in [4.78, 5) is 24.6. The number of carboxylic acids is 1. The second kappa shape index (κ2) is 7.81. The number of hydrogen-bond acceptors (Lipinski definition) is 6. The third-order valence-electron chi connectivity index (χ3n) is 2.97. The number of thiocarbonyl (C=S) groups is 1. The average Bonchev–Trinajstić information content (AvgIpc) is 2.74. The molecule has 0 N–H and O–H groups in total. The standard InChI is InChI=1S/C15H14ClNO4S2/c1-2-21-11-4-3-10(16)7-9(11)8-12-14(20)17(15(22)23-12)6-5-13(18)19/h3-4,7-8H,2,5-6H2,1H3,(H,18,19)/p-1/b12-8+. The first kappa shape index (κ1) is 17.8. The maximum absolute atomic E-state index is 12.3. The van der Waals surface area contributed by atoms with Crippen LogP contribution in [0.5, 0.6) is 5.75 Å². The van der Waals surface area contributed by atoms with E-state index in [4.69, 9.17) is 28.6 Å². The molecule has 0 spiro atoms. The Hall–Kier alpha value is -1.57. The molecule has 8 heteroatoms. The van der Waals surface area contributed by atoms with Crippen molar-refractivity contribution in [3.8, 4) is 5.75 Å². The van der Waals surface area contributed by atoms with Crippen LogP contribution < -0.4 is 9.84 Å². The highest BCUT2D eigenvalue weighted by Gasteiger charge is 2.31. The highest BCUT2D eigenvalue weighted by molar-refractivity contribution is 8.26. The lowest BCUT2D eigenvalue weighted by Gasteiger charge is -2.14. The number of halogens is 1. The first-order valence-corrected chi connectivity index (χ1v) is 8.40. The summed E-state index contributed by atoms with van der Waals surface area (Å²) in [6.07, 6.45) is 1.39. The van der Waals surface area contributed by atoms with E-state index in [1.807, 2.05) is 6.92 Å². The first-order valence-electron chi connectivity index (χ1n) is 6.80. The monoisotopic (exact) mass is 370 g/mol. The largest absolute Gasteiger partial charge is 0.550 e.